The van der Waals surface area contributed by atoms with E-state index in [2.05, 4.69) is 0 Å². The Morgan fingerprint density at radius 3 is 2.11 bits per heavy atom. The zero-order valence-corrected chi connectivity index (χ0v) is 17.1. The lowest BCUT2D eigenvalue weighted by atomic mass is 10.2. The molecule has 1 heterocycles. The molecule has 1 fully saturated rings. The van der Waals surface area contributed by atoms with Crippen molar-refractivity contribution >= 4 is 40.3 Å². The minimum Gasteiger partial charge on any atom is -0.491 e. The first-order chi connectivity index (χ1) is 13.6. The van der Waals surface area contributed by atoms with Crippen LogP contribution < -0.4 is 9.47 Å². The van der Waals surface area contributed by atoms with E-state index in [1.807, 2.05) is 60.7 Å². The van der Waals surface area contributed by atoms with Crippen LogP contribution in [0.3, 0.4) is 0 Å². The second-order valence-electron chi connectivity index (χ2n) is 5.93. The molecule has 2 aromatic carbocycles. The molecule has 0 radical (unpaired) electrons. The van der Waals surface area contributed by atoms with Crippen molar-refractivity contribution < 1.29 is 19.0 Å². The van der Waals surface area contributed by atoms with Gasteiger partial charge in [-0.15, -0.1) is 0 Å². The highest BCUT2D eigenvalue weighted by Crippen LogP contribution is 2.31. The van der Waals surface area contributed by atoms with Crippen LogP contribution in [0.5, 0.6) is 11.5 Å². The molecule has 0 aromatic heterocycles. The molecule has 0 atom stereocenters. The number of rotatable bonds is 9. The molecule has 0 bridgehead atoms. The van der Waals surface area contributed by atoms with E-state index in [0.29, 0.717) is 35.7 Å². The van der Waals surface area contributed by atoms with Gasteiger partial charge in [-0.2, -0.15) is 0 Å². The monoisotopic (exact) mass is 415 g/mol. The van der Waals surface area contributed by atoms with Crippen molar-refractivity contribution in [3.8, 4) is 11.5 Å². The van der Waals surface area contributed by atoms with E-state index in [0.717, 1.165) is 17.1 Å². The first-order valence-electron chi connectivity index (χ1n) is 8.83. The zero-order chi connectivity index (χ0) is 19.8. The fourth-order valence-corrected chi connectivity index (χ4v) is 3.59. The summed E-state index contributed by atoms with van der Waals surface area (Å²) in [5, 5.41) is 0. The van der Waals surface area contributed by atoms with Crippen LogP contribution >= 0.6 is 24.0 Å². The summed E-state index contributed by atoms with van der Waals surface area (Å²) < 4.78 is 17.3. The minimum absolute atomic E-state index is 0.0660. The van der Waals surface area contributed by atoms with Gasteiger partial charge in [-0.25, -0.2) is 0 Å². The average molecular weight is 416 g/mol. The predicted octanol–water partition coefficient (Wildman–Crippen LogP) is 3.99. The van der Waals surface area contributed by atoms with Crippen molar-refractivity contribution in [3.05, 3.63) is 65.1 Å². The molecule has 0 unspecified atom stereocenters. The molecule has 0 spiro atoms. The van der Waals surface area contributed by atoms with E-state index < -0.39 is 0 Å². The number of likely N-dealkylation sites (N-methyl/N-ethyl adjacent to an activating group) is 1. The average Bonchev–Trinajstić information content (AvgIpc) is 2.96. The normalized spacial score (nSPS) is 15.3. The number of amides is 1. The van der Waals surface area contributed by atoms with Crippen molar-refractivity contribution in [2.24, 2.45) is 0 Å². The van der Waals surface area contributed by atoms with Gasteiger partial charge in [0.05, 0.1) is 18.1 Å². The molecule has 0 N–H and O–H groups in total. The molecule has 28 heavy (non-hydrogen) atoms. The molecule has 7 heteroatoms. The van der Waals surface area contributed by atoms with Crippen molar-refractivity contribution in [2.45, 2.75) is 0 Å². The standard InChI is InChI=1S/C21H21NO4S2/c1-22-20(23)19(28-21(22)27)15-16-7-9-18(10-8-16)26-14-12-24-11-13-25-17-5-3-2-4-6-17/h2-10,15H,11-14H2,1H3/b19-15-. The van der Waals surface area contributed by atoms with Gasteiger partial charge in [-0.05, 0) is 35.9 Å². The van der Waals surface area contributed by atoms with E-state index >= 15 is 0 Å². The lowest BCUT2D eigenvalue weighted by molar-refractivity contribution is -0.121. The van der Waals surface area contributed by atoms with Gasteiger partial charge in [0.25, 0.3) is 5.91 Å². The summed E-state index contributed by atoms with van der Waals surface area (Å²) in [6.45, 7) is 1.95. The van der Waals surface area contributed by atoms with Crippen LogP contribution in [0.1, 0.15) is 5.56 Å². The van der Waals surface area contributed by atoms with Gasteiger partial charge in [0, 0.05) is 7.05 Å². The van der Waals surface area contributed by atoms with E-state index in [1.54, 1.807) is 7.05 Å². The maximum Gasteiger partial charge on any atom is 0.265 e. The van der Waals surface area contributed by atoms with Crippen LogP contribution in [-0.2, 0) is 9.53 Å². The Labute approximate surface area is 174 Å². The van der Waals surface area contributed by atoms with Gasteiger partial charge < -0.3 is 14.2 Å². The van der Waals surface area contributed by atoms with Gasteiger partial charge in [0.15, 0.2) is 0 Å². The summed E-state index contributed by atoms with van der Waals surface area (Å²) in [5.41, 5.74) is 0.926. The molecule has 1 amide bonds. The topological polar surface area (TPSA) is 48.0 Å². The van der Waals surface area contributed by atoms with Crippen LogP contribution in [0.15, 0.2) is 59.5 Å². The summed E-state index contributed by atoms with van der Waals surface area (Å²) in [7, 11) is 1.69. The van der Waals surface area contributed by atoms with Gasteiger partial charge in [-0.1, -0.05) is 54.3 Å². The van der Waals surface area contributed by atoms with E-state index in [-0.39, 0.29) is 5.91 Å². The number of para-hydroxylation sites is 1. The van der Waals surface area contributed by atoms with Gasteiger partial charge in [0.2, 0.25) is 0 Å². The lowest BCUT2D eigenvalue weighted by Crippen LogP contribution is -2.22. The number of benzene rings is 2. The third-order valence-electron chi connectivity index (χ3n) is 3.90. The Hall–Kier alpha value is -2.35. The number of thioether (sulfide) groups is 1. The molecule has 146 valence electrons. The molecule has 2 aromatic rings. The SMILES string of the molecule is CN1C(=O)/C(=C/c2ccc(OCCOCCOc3ccccc3)cc2)SC1=S. The molecule has 0 aliphatic carbocycles. The van der Waals surface area contributed by atoms with Gasteiger partial charge >= 0.3 is 0 Å². The highest BCUT2D eigenvalue weighted by atomic mass is 32.2. The molecule has 1 saturated heterocycles. The Morgan fingerprint density at radius 2 is 1.54 bits per heavy atom. The smallest absolute Gasteiger partial charge is 0.265 e. The Bertz CT molecular complexity index is 837. The molecule has 0 saturated carbocycles. The minimum atomic E-state index is -0.0660. The number of thiocarbonyl (C=S) groups is 1. The predicted molar refractivity (Wildman–Crippen MR) is 116 cm³/mol. The fraction of sp³-hybridized carbons (Fsp3) is 0.238. The first-order valence-corrected chi connectivity index (χ1v) is 10.1. The van der Waals surface area contributed by atoms with E-state index in [9.17, 15) is 4.79 Å². The first kappa shape index (κ1) is 20.4. The molecule has 1 aliphatic rings. The van der Waals surface area contributed by atoms with E-state index in [1.165, 1.54) is 16.7 Å². The number of hydrogen-bond acceptors (Lipinski definition) is 6. The second kappa shape index (κ2) is 10.3. The Kier molecular flexibility index (Phi) is 7.47. The van der Waals surface area contributed by atoms with Crippen molar-refractivity contribution in [2.75, 3.05) is 33.5 Å². The van der Waals surface area contributed by atoms with Crippen LogP contribution in [0.25, 0.3) is 6.08 Å². The highest BCUT2D eigenvalue weighted by Gasteiger charge is 2.28. The maximum atomic E-state index is 12.0. The number of carbonyl (C=O) groups is 1. The van der Waals surface area contributed by atoms with Crippen molar-refractivity contribution in [1.29, 1.82) is 0 Å². The number of nitrogens with zero attached hydrogens (tertiary/aromatic N) is 1. The number of hydrogen-bond donors (Lipinski definition) is 0. The summed E-state index contributed by atoms with van der Waals surface area (Å²) in [6.07, 6.45) is 1.84. The van der Waals surface area contributed by atoms with Gasteiger partial charge in [0.1, 0.15) is 29.0 Å². The second-order valence-corrected chi connectivity index (χ2v) is 7.61. The highest BCUT2D eigenvalue weighted by molar-refractivity contribution is 8.26. The van der Waals surface area contributed by atoms with Crippen LogP contribution in [0.2, 0.25) is 0 Å². The third-order valence-corrected chi connectivity index (χ3v) is 5.39. The van der Waals surface area contributed by atoms with Crippen molar-refractivity contribution in [3.63, 3.8) is 0 Å². The summed E-state index contributed by atoms with van der Waals surface area (Å²) in [5.74, 6) is 1.52. The summed E-state index contributed by atoms with van der Waals surface area (Å²) >= 11 is 6.44. The summed E-state index contributed by atoms with van der Waals surface area (Å²) in [6, 6.07) is 17.2. The molecule has 3 rings (SSSR count). The number of ether oxygens (including phenoxy) is 3. The molecule has 1 aliphatic heterocycles. The lowest BCUT2D eigenvalue weighted by Gasteiger charge is -2.08. The van der Waals surface area contributed by atoms with Crippen LogP contribution in [-0.4, -0.2) is 48.6 Å². The number of carbonyl (C=O) groups excluding carboxylic acids is 1. The van der Waals surface area contributed by atoms with Crippen LogP contribution in [0, 0.1) is 0 Å². The van der Waals surface area contributed by atoms with Gasteiger partial charge in [-0.3, -0.25) is 9.69 Å². The Morgan fingerprint density at radius 1 is 0.929 bits per heavy atom. The zero-order valence-electron chi connectivity index (χ0n) is 15.5. The Balaban J connectivity index is 1.35. The molecule has 5 nitrogen and oxygen atoms in total. The largest absolute Gasteiger partial charge is 0.491 e. The third kappa shape index (κ3) is 5.82. The molecular weight excluding hydrogens is 394 g/mol. The quantitative estimate of drug-likeness (QED) is 0.351. The van der Waals surface area contributed by atoms with Crippen molar-refractivity contribution in [1.82, 2.24) is 4.90 Å². The van der Waals surface area contributed by atoms with E-state index in [4.69, 9.17) is 26.4 Å². The fourth-order valence-electron chi connectivity index (χ4n) is 2.41. The maximum absolute atomic E-state index is 12.0. The summed E-state index contributed by atoms with van der Waals surface area (Å²) in [4.78, 5) is 14.1. The molecular formula is C21H21NO4S2. The van der Waals surface area contributed by atoms with Crippen LogP contribution in [0.4, 0.5) is 0 Å².